The minimum Gasteiger partial charge on any atom is -0.371 e. The molecule has 0 spiro atoms. The molecule has 2 aromatic rings. The average molecular weight is 420 g/mol. The third-order valence-corrected chi connectivity index (χ3v) is 6.72. The van der Waals surface area contributed by atoms with E-state index in [0.717, 1.165) is 63.5 Å². The first-order valence-electron chi connectivity index (χ1n) is 11.6. The molecule has 2 saturated heterocycles. The molecule has 2 aromatic carbocycles. The first-order valence-corrected chi connectivity index (χ1v) is 11.6. The maximum atomic E-state index is 13.5. The smallest absolute Gasteiger partial charge is 0.256 e. The molecule has 31 heavy (non-hydrogen) atoms. The number of nitrogens with zero attached hydrogens (tertiary/aromatic N) is 2. The minimum absolute atomic E-state index is 0.0799. The molecule has 5 nitrogen and oxygen atoms in total. The number of amides is 2. The zero-order chi connectivity index (χ0) is 21.8. The van der Waals surface area contributed by atoms with Crippen LogP contribution in [0.1, 0.15) is 60.2 Å². The van der Waals surface area contributed by atoms with Gasteiger partial charge in [0.2, 0.25) is 0 Å². The van der Waals surface area contributed by atoms with E-state index in [1.165, 1.54) is 0 Å². The van der Waals surface area contributed by atoms with Crippen molar-refractivity contribution in [1.29, 1.82) is 0 Å². The van der Waals surface area contributed by atoms with Gasteiger partial charge in [-0.05, 0) is 67.9 Å². The first-order chi connectivity index (χ1) is 15.0. The van der Waals surface area contributed by atoms with Crippen molar-refractivity contribution in [1.82, 2.24) is 4.90 Å². The summed E-state index contributed by atoms with van der Waals surface area (Å²) in [5.41, 5.74) is 2.97. The molecule has 2 aliphatic heterocycles. The fourth-order valence-corrected chi connectivity index (χ4v) is 4.49. The van der Waals surface area contributed by atoms with Crippen LogP contribution in [0.2, 0.25) is 0 Å². The van der Waals surface area contributed by atoms with Gasteiger partial charge in [-0.15, -0.1) is 0 Å². The molecular formula is C26H33N3O2. The van der Waals surface area contributed by atoms with Crippen molar-refractivity contribution in [2.75, 3.05) is 36.4 Å². The second-order valence-corrected chi connectivity index (χ2v) is 9.20. The molecule has 1 N–H and O–H groups in total. The molecule has 0 atom stereocenters. The Bertz CT molecular complexity index is 912. The maximum absolute atomic E-state index is 13.5. The summed E-state index contributed by atoms with van der Waals surface area (Å²) in [6, 6.07) is 15.0. The highest BCUT2D eigenvalue weighted by Crippen LogP contribution is 2.31. The predicted octanol–water partition coefficient (Wildman–Crippen LogP) is 5.05. The number of hydrogen-bond donors (Lipinski definition) is 1. The molecule has 164 valence electrons. The summed E-state index contributed by atoms with van der Waals surface area (Å²) in [7, 11) is 0. The summed E-state index contributed by atoms with van der Waals surface area (Å²) in [6.07, 6.45) is 4.38. The second-order valence-electron chi connectivity index (χ2n) is 9.20. The van der Waals surface area contributed by atoms with Crippen LogP contribution in [-0.2, 0) is 0 Å². The molecular weight excluding hydrogens is 386 g/mol. The molecule has 0 radical (unpaired) electrons. The van der Waals surface area contributed by atoms with Crippen molar-refractivity contribution in [2.45, 2.75) is 39.5 Å². The minimum atomic E-state index is -0.162. The average Bonchev–Trinajstić information content (AvgIpc) is 2.80. The fourth-order valence-electron chi connectivity index (χ4n) is 4.49. The van der Waals surface area contributed by atoms with E-state index in [2.05, 4.69) is 24.1 Å². The summed E-state index contributed by atoms with van der Waals surface area (Å²) in [5, 5.41) is 2.97. The number of likely N-dealkylation sites (tertiary alicyclic amines) is 1. The van der Waals surface area contributed by atoms with Gasteiger partial charge in [0.1, 0.15) is 0 Å². The molecule has 2 amide bonds. The van der Waals surface area contributed by atoms with Gasteiger partial charge in [-0.1, -0.05) is 32.0 Å². The van der Waals surface area contributed by atoms with Crippen LogP contribution >= 0.6 is 0 Å². The van der Waals surface area contributed by atoms with E-state index in [1.807, 2.05) is 41.3 Å². The van der Waals surface area contributed by atoms with E-state index >= 15 is 0 Å². The van der Waals surface area contributed by atoms with Crippen LogP contribution < -0.4 is 10.2 Å². The van der Waals surface area contributed by atoms with Crippen LogP contribution in [0.4, 0.5) is 11.4 Å². The van der Waals surface area contributed by atoms with E-state index in [9.17, 15) is 9.59 Å². The summed E-state index contributed by atoms with van der Waals surface area (Å²) in [4.78, 5) is 30.5. The topological polar surface area (TPSA) is 52.7 Å². The number of rotatable bonds is 4. The van der Waals surface area contributed by atoms with Gasteiger partial charge in [0, 0.05) is 43.1 Å². The zero-order valence-corrected chi connectivity index (χ0v) is 18.6. The Hall–Kier alpha value is -2.82. The summed E-state index contributed by atoms with van der Waals surface area (Å²) >= 11 is 0. The number of carbonyl (C=O) groups excluding carboxylic acids is 2. The van der Waals surface area contributed by atoms with Crippen LogP contribution in [0, 0.1) is 11.8 Å². The van der Waals surface area contributed by atoms with Crippen LogP contribution in [0.25, 0.3) is 0 Å². The number of hydrogen-bond acceptors (Lipinski definition) is 3. The molecule has 2 aliphatic rings. The molecule has 4 rings (SSSR count). The van der Waals surface area contributed by atoms with E-state index < -0.39 is 0 Å². The van der Waals surface area contributed by atoms with Gasteiger partial charge in [-0.25, -0.2) is 0 Å². The lowest BCUT2D eigenvalue weighted by Crippen LogP contribution is -2.40. The summed E-state index contributed by atoms with van der Waals surface area (Å²) < 4.78 is 0. The Morgan fingerprint density at radius 3 is 2.10 bits per heavy atom. The Labute approximate surface area is 185 Å². The summed E-state index contributed by atoms with van der Waals surface area (Å²) in [5.74, 6) is 1.31. The van der Waals surface area contributed by atoms with Crippen LogP contribution in [-0.4, -0.2) is 42.9 Å². The quantitative estimate of drug-likeness (QED) is 0.755. The molecule has 0 aromatic heterocycles. The van der Waals surface area contributed by atoms with Gasteiger partial charge in [-0.2, -0.15) is 0 Å². The monoisotopic (exact) mass is 419 g/mol. The number of carbonyl (C=O) groups is 2. The van der Waals surface area contributed by atoms with E-state index in [-0.39, 0.29) is 11.8 Å². The third-order valence-electron chi connectivity index (χ3n) is 6.72. The van der Waals surface area contributed by atoms with Crippen LogP contribution in [0.15, 0.2) is 48.5 Å². The molecule has 5 heteroatoms. The molecule has 0 saturated carbocycles. The third kappa shape index (κ3) is 5.09. The highest BCUT2D eigenvalue weighted by Gasteiger charge is 2.27. The molecule has 0 unspecified atom stereocenters. The van der Waals surface area contributed by atoms with Crippen molar-refractivity contribution in [2.24, 2.45) is 11.8 Å². The highest BCUT2D eigenvalue weighted by atomic mass is 16.2. The Kier molecular flexibility index (Phi) is 6.59. The molecule has 0 aliphatic carbocycles. The van der Waals surface area contributed by atoms with Gasteiger partial charge >= 0.3 is 0 Å². The Morgan fingerprint density at radius 1 is 0.839 bits per heavy atom. The lowest BCUT2D eigenvalue weighted by Gasteiger charge is -2.35. The molecule has 0 bridgehead atoms. The van der Waals surface area contributed by atoms with Gasteiger partial charge in [0.15, 0.2) is 0 Å². The Morgan fingerprint density at radius 2 is 1.45 bits per heavy atom. The van der Waals surface area contributed by atoms with Crippen LogP contribution in [0.5, 0.6) is 0 Å². The van der Waals surface area contributed by atoms with Crippen molar-refractivity contribution in [3.05, 3.63) is 59.7 Å². The zero-order valence-electron chi connectivity index (χ0n) is 18.6. The fraction of sp³-hybridized carbons (Fsp3) is 0.462. The van der Waals surface area contributed by atoms with Gasteiger partial charge < -0.3 is 15.1 Å². The van der Waals surface area contributed by atoms with Gasteiger partial charge in [0.25, 0.3) is 11.8 Å². The summed E-state index contributed by atoms with van der Waals surface area (Å²) in [6.45, 7) is 8.08. The van der Waals surface area contributed by atoms with E-state index in [1.54, 1.807) is 12.1 Å². The standard InChI is InChI=1S/C26H33N3O2/c1-19-10-14-28(15-11-19)24-9-8-22(27-25(30)21-6-4-3-5-7-21)18-23(24)26(31)29-16-12-20(2)13-17-29/h3-9,18-20H,10-17H2,1-2H3,(H,27,30). The largest absolute Gasteiger partial charge is 0.371 e. The lowest BCUT2D eigenvalue weighted by atomic mass is 9.96. The predicted molar refractivity (Wildman–Crippen MR) is 126 cm³/mol. The number of anilines is 2. The number of benzene rings is 2. The van der Waals surface area contributed by atoms with E-state index in [0.29, 0.717) is 22.7 Å². The van der Waals surface area contributed by atoms with Crippen molar-refractivity contribution < 1.29 is 9.59 Å². The number of piperidine rings is 2. The maximum Gasteiger partial charge on any atom is 0.256 e. The highest BCUT2D eigenvalue weighted by molar-refractivity contribution is 6.06. The van der Waals surface area contributed by atoms with Crippen LogP contribution in [0.3, 0.4) is 0 Å². The molecule has 2 fully saturated rings. The van der Waals surface area contributed by atoms with E-state index in [4.69, 9.17) is 0 Å². The van der Waals surface area contributed by atoms with Gasteiger partial charge in [0.05, 0.1) is 5.56 Å². The van der Waals surface area contributed by atoms with Crippen molar-refractivity contribution >= 4 is 23.2 Å². The van der Waals surface area contributed by atoms with Crippen molar-refractivity contribution in [3.63, 3.8) is 0 Å². The molecule has 2 heterocycles. The normalized spacial score (nSPS) is 18.1. The first kappa shape index (κ1) is 21.4. The lowest BCUT2D eigenvalue weighted by molar-refractivity contribution is 0.0697. The Balaban J connectivity index is 1.60. The SMILES string of the molecule is CC1CCN(C(=O)c2cc(NC(=O)c3ccccc3)ccc2N2CCC(C)CC2)CC1. The second kappa shape index (κ2) is 9.54. The van der Waals surface area contributed by atoms with Gasteiger partial charge in [-0.3, -0.25) is 9.59 Å². The van der Waals surface area contributed by atoms with Crippen molar-refractivity contribution in [3.8, 4) is 0 Å². The number of nitrogens with one attached hydrogen (secondary N) is 1.